The topological polar surface area (TPSA) is 52.6 Å². The van der Waals surface area contributed by atoms with E-state index < -0.39 is 0 Å². The summed E-state index contributed by atoms with van der Waals surface area (Å²) in [7, 11) is 0. The molecule has 0 heterocycles. The Morgan fingerprint density at radius 2 is 1.04 bits per heavy atom. The van der Waals surface area contributed by atoms with E-state index in [-0.39, 0.29) is 30.1 Å². The van der Waals surface area contributed by atoms with Gasteiger partial charge in [0.15, 0.2) is 0 Å². The van der Waals surface area contributed by atoms with Crippen molar-refractivity contribution in [1.82, 2.24) is 0 Å². The quantitative estimate of drug-likeness (QED) is 0.565. The molecule has 0 saturated heterocycles. The van der Waals surface area contributed by atoms with E-state index in [2.05, 4.69) is 0 Å². The molecule has 2 rings (SSSR count). The summed E-state index contributed by atoms with van der Waals surface area (Å²) in [5.74, 6) is -0.740. The summed E-state index contributed by atoms with van der Waals surface area (Å²) in [5, 5.41) is 0. The Morgan fingerprint density at radius 1 is 0.667 bits per heavy atom. The van der Waals surface area contributed by atoms with Crippen molar-refractivity contribution in [2.24, 2.45) is 5.92 Å². The average Bonchev–Trinajstić information content (AvgIpc) is 2.73. The lowest BCUT2D eigenvalue weighted by molar-refractivity contribution is -0.0362. The van der Waals surface area contributed by atoms with Crippen LogP contribution in [-0.4, -0.2) is 24.1 Å². The second kappa shape index (κ2) is 10.5. The van der Waals surface area contributed by atoms with E-state index in [1.165, 1.54) is 0 Å². The van der Waals surface area contributed by atoms with Gasteiger partial charge in [0.2, 0.25) is 0 Å². The molecule has 0 bridgehead atoms. The summed E-state index contributed by atoms with van der Waals surface area (Å²) in [6.07, 6.45) is 1.46. The van der Waals surface area contributed by atoms with Crippen molar-refractivity contribution in [1.29, 1.82) is 0 Å². The van der Waals surface area contributed by atoms with Crippen LogP contribution in [0.1, 0.15) is 60.7 Å². The molecule has 144 valence electrons. The molecule has 0 aliphatic rings. The molecule has 0 fully saturated rings. The van der Waals surface area contributed by atoms with Crippen LogP contribution < -0.4 is 0 Å². The first-order valence-electron chi connectivity index (χ1n) is 9.62. The Morgan fingerprint density at radius 3 is 1.33 bits per heavy atom. The van der Waals surface area contributed by atoms with Gasteiger partial charge in [-0.3, -0.25) is 0 Å². The number of hydrogen-bond donors (Lipinski definition) is 0. The van der Waals surface area contributed by atoms with Crippen molar-refractivity contribution >= 4 is 11.9 Å². The van der Waals surface area contributed by atoms with Crippen molar-refractivity contribution in [3.63, 3.8) is 0 Å². The Kier molecular flexibility index (Phi) is 8.05. The van der Waals surface area contributed by atoms with Gasteiger partial charge in [-0.15, -0.1) is 0 Å². The van der Waals surface area contributed by atoms with E-state index in [9.17, 15) is 9.59 Å². The fourth-order valence-electron chi connectivity index (χ4n) is 3.27. The zero-order valence-corrected chi connectivity index (χ0v) is 16.3. The number of ether oxygens (including phenoxy) is 2. The van der Waals surface area contributed by atoms with Crippen LogP contribution in [0.2, 0.25) is 0 Å². The molecule has 2 aromatic rings. The van der Waals surface area contributed by atoms with Gasteiger partial charge in [-0.05, 0) is 43.5 Å². The highest BCUT2D eigenvalue weighted by Crippen LogP contribution is 2.26. The average molecular weight is 368 g/mol. The summed E-state index contributed by atoms with van der Waals surface area (Å²) < 4.78 is 11.6. The van der Waals surface area contributed by atoms with Crippen molar-refractivity contribution in [3.05, 3.63) is 71.8 Å². The summed E-state index contributed by atoms with van der Waals surface area (Å²) in [5.41, 5.74) is 1.06. The minimum absolute atomic E-state index is 0.0553. The van der Waals surface area contributed by atoms with Gasteiger partial charge >= 0.3 is 11.9 Å². The van der Waals surface area contributed by atoms with Gasteiger partial charge in [-0.1, -0.05) is 57.2 Å². The molecule has 4 nitrogen and oxygen atoms in total. The van der Waals surface area contributed by atoms with Crippen molar-refractivity contribution < 1.29 is 19.1 Å². The monoisotopic (exact) mass is 368 g/mol. The predicted octanol–water partition coefficient (Wildman–Crippen LogP) is 5.28. The van der Waals surface area contributed by atoms with Gasteiger partial charge in [0.05, 0.1) is 11.1 Å². The predicted molar refractivity (Wildman–Crippen MR) is 106 cm³/mol. The van der Waals surface area contributed by atoms with E-state index in [0.29, 0.717) is 24.0 Å². The molecule has 4 heteroatoms. The van der Waals surface area contributed by atoms with Gasteiger partial charge in [0.25, 0.3) is 0 Å². The molecule has 0 saturated carbocycles. The largest absolute Gasteiger partial charge is 0.458 e. The first-order chi connectivity index (χ1) is 13.1. The number of hydrogen-bond acceptors (Lipinski definition) is 4. The third kappa shape index (κ3) is 5.68. The Labute approximate surface area is 161 Å². The number of benzene rings is 2. The molecule has 1 unspecified atom stereocenters. The standard InChI is InChI=1S/C23H28O4/c1-4-19(20(5-2)26-22(24)17-13-9-7-10-14-17)21(6-3)27-23(25)18-15-11-8-12-16-18/h7-16,19-21H,4-6H2,1-3H3/t19?,20-,21+. The maximum Gasteiger partial charge on any atom is 0.338 e. The first kappa shape index (κ1) is 20.7. The van der Waals surface area contributed by atoms with Crippen LogP contribution in [0.15, 0.2) is 60.7 Å². The van der Waals surface area contributed by atoms with Gasteiger partial charge in [0.1, 0.15) is 12.2 Å². The number of carbonyl (C=O) groups is 2. The molecule has 0 aromatic heterocycles. The lowest BCUT2D eigenvalue weighted by atomic mass is 9.89. The molecule has 0 radical (unpaired) electrons. The van der Waals surface area contributed by atoms with E-state index in [4.69, 9.17) is 9.47 Å². The third-order valence-corrected chi connectivity index (χ3v) is 4.77. The maximum atomic E-state index is 12.5. The lowest BCUT2D eigenvalue weighted by Gasteiger charge is -2.31. The van der Waals surface area contributed by atoms with Crippen LogP contribution in [-0.2, 0) is 9.47 Å². The van der Waals surface area contributed by atoms with Crippen LogP contribution >= 0.6 is 0 Å². The zero-order valence-electron chi connectivity index (χ0n) is 16.3. The molecule has 0 aliphatic carbocycles. The normalized spacial score (nSPS) is 14.0. The van der Waals surface area contributed by atoms with Gasteiger partial charge < -0.3 is 9.47 Å². The molecule has 27 heavy (non-hydrogen) atoms. The maximum absolute atomic E-state index is 12.5. The highest BCUT2D eigenvalue weighted by Gasteiger charge is 2.32. The van der Waals surface area contributed by atoms with Crippen LogP contribution in [0.5, 0.6) is 0 Å². The van der Waals surface area contributed by atoms with Crippen molar-refractivity contribution in [2.45, 2.75) is 52.2 Å². The smallest absolute Gasteiger partial charge is 0.338 e. The number of rotatable bonds is 9. The van der Waals surface area contributed by atoms with E-state index in [1.807, 2.05) is 57.2 Å². The summed E-state index contributed by atoms with van der Waals surface area (Å²) in [4.78, 5) is 24.9. The second-order valence-electron chi connectivity index (χ2n) is 6.51. The molecule has 0 N–H and O–H groups in total. The molecule has 0 spiro atoms. The molecular weight excluding hydrogens is 340 g/mol. The van der Waals surface area contributed by atoms with Crippen LogP contribution in [0, 0.1) is 5.92 Å². The van der Waals surface area contributed by atoms with Crippen LogP contribution in [0.3, 0.4) is 0 Å². The Hall–Kier alpha value is -2.62. The zero-order chi connectivity index (χ0) is 19.6. The highest BCUT2D eigenvalue weighted by molar-refractivity contribution is 5.90. The minimum atomic E-state index is -0.342. The highest BCUT2D eigenvalue weighted by atomic mass is 16.6. The SMILES string of the molecule is CCC([C@H](CC)OC(=O)c1ccccc1)[C@@H](CC)OC(=O)c1ccccc1. The lowest BCUT2D eigenvalue weighted by Crippen LogP contribution is -2.37. The molecule has 0 amide bonds. The first-order valence-corrected chi connectivity index (χ1v) is 9.62. The number of carbonyl (C=O) groups excluding carboxylic acids is 2. The Bertz CT molecular complexity index is 650. The van der Waals surface area contributed by atoms with E-state index >= 15 is 0 Å². The van der Waals surface area contributed by atoms with Gasteiger partial charge in [-0.2, -0.15) is 0 Å². The fourth-order valence-corrected chi connectivity index (χ4v) is 3.27. The van der Waals surface area contributed by atoms with Gasteiger partial charge in [-0.25, -0.2) is 9.59 Å². The molecule has 2 aromatic carbocycles. The van der Waals surface area contributed by atoms with Crippen molar-refractivity contribution in [3.8, 4) is 0 Å². The van der Waals surface area contributed by atoms with Gasteiger partial charge in [0, 0.05) is 5.92 Å². The minimum Gasteiger partial charge on any atom is -0.458 e. The van der Waals surface area contributed by atoms with E-state index in [0.717, 1.165) is 6.42 Å². The summed E-state index contributed by atoms with van der Waals surface area (Å²) >= 11 is 0. The third-order valence-electron chi connectivity index (χ3n) is 4.77. The Balaban J connectivity index is 2.10. The summed E-state index contributed by atoms with van der Waals surface area (Å²) in [6, 6.07) is 17.9. The second-order valence-corrected chi connectivity index (χ2v) is 6.51. The van der Waals surface area contributed by atoms with E-state index in [1.54, 1.807) is 24.3 Å². The summed E-state index contributed by atoms with van der Waals surface area (Å²) in [6.45, 7) is 6.00. The van der Waals surface area contributed by atoms with Crippen LogP contribution in [0.25, 0.3) is 0 Å². The molecule has 0 aliphatic heterocycles. The van der Waals surface area contributed by atoms with Crippen LogP contribution in [0.4, 0.5) is 0 Å². The van der Waals surface area contributed by atoms with Crippen molar-refractivity contribution in [2.75, 3.05) is 0 Å². The fraction of sp³-hybridized carbons (Fsp3) is 0.391. The molecular formula is C23H28O4. The number of esters is 2. The molecule has 3 atom stereocenters.